The van der Waals surface area contributed by atoms with Gasteiger partial charge in [0.1, 0.15) is 0 Å². The molecule has 2 unspecified atom stereocenters. The van der Waals surface area contributed by atoms with E-state index in [4.69, 9.17) is 0 Å². The zero-order valence-electron chi connectivity index (χ0n) is 7.22. The molecule has 0 amide bonds. The summed E-state index contributed by atoms with van der Waals surface area (Å²) in [6.45, 7) is 3.53. The van der Waals surface area contributed by atoms with Crippen LogP contribution in [0.4, 0.5) is 0 Å². The van der Waals surface area contributed by atoms with Crippen LogP contribution in [0.2, 0.25) is 0 Å². The molecule has 1 rings (SSSR count). The largest absolute Gasteiger partial charge is 0.316 e. The molecule has 1 aliphatic heterocycles. The second-order valence-corrected chi connectivity index (χ2v) is 3.27. The van der Waals surface area contributed by atoms with Gasteiger partial charge in [0.15, 0.2) is 0 Å². The van der Waals surface area contributed by atoms with Gasteiger partial charge in [-0.25, -0.2) is 0 Å². The van der Waals surface area contributed by atoms with E-state index in [2.05, 4.69) is 24.2 Å². The topological polar surface area (TPSA) is 15.3 Å². The summed E-state index contributed by atoms with van der Waals surface area (Å²) in [6, 6.07) is 1.41. The maximum Gasteiger partial charge on any atom is 0.0243 e. The number of likely N-dealkylation sites (tertiary alicyclic amines) is 1. The number of hydrogen-bond acceptors (Lipinski definition) is 2. The summed E-state index contributed by atoms with van der Waals surface area (Å²) in [5.74, 6) is 0. The summed E-state index contributed by atoms with van der Waals surface area (Å²) in [4.78, 5) is 2.45. The lowest BCUT2D eigenvalue weighted by molar-refractivity contribution is 0.261. The summed E-state index contributed by atoms with van der Waals surface area (Å²) < 4.78 is 0. The second-order valence-electron chi connectivity index (χ2n) is 3.27. The highest BCUT2D eigenvalue weighted by molar-refractivity contribution is 4.83. The molecule has 0 aliphatic carbocycles. The van der Waals surface area contributed by atoms with Gasteiger partial charge in [-0.05, 0) is 40.4 Å². The van der Waals surface area contributed by atoms with Crippen molar-refractivity contribution in [3.63, 3.8) is 0 Å². The number of hydrogen-bond donors (Lipinski definition) is 1. The zero-order valence-corrected chi connectivity index (χ0v) is 7.22. The van der Waals surface area contributed by atoms with E-state index in [1.807, 2.05) is 7.05 Å². The number of nitrogens with zero attached hydrogens (tertiary/aromatic N) is 1. The van der Waals surface area contributed by atoms with Crippen molar-refractivity contribution >= 4 is 0 Å². The summed E-state index contributed by atoms with van der Waals surface area (Å²) in [6.07, 6.45) is 2.73. The van der Waals surface area contributed by atoms with Crippen molar-refractivity contribution in [3.8, 4) is 0 Å². The van der Waals surface area contributed by atoms with Crippen LogP contribution < -0.4 is 5.32 Å². The van der Waals surface area contributed by atoms with Gasteiger partial charge in [0.2, 0.25) is 0 Å². The Morgan fingerprint density at radius 1 is 1.60 bits per heavy atom. The molecule has 60 valence electrons. The molecule has 0 radical (unpaired) electrons. The highest BCUT2D eigenvalue weighted by atomic mass is 15.2. The molecular formula is C8H18N2. The first-order valence-corrected chi connectivity index (χ1v) is 4.13. The van der Waals surface area contributed by atoms with Gasteiger partial charge in [0, 0.05) is 12.1 Å². The summed E-state index contributed by atoms with van der Waals surface area (Å²) >= 11 is 0. The van der Waals surface area contributed by atoms with Crippen LogP contribution >= 0.6 is 0 Å². The molecule has 2 heteroatoms. The van der Waals surface area contributed by atoms with E-state index >= 15 is 0 Å². The predicted molar refractivity (Wildman–Crippen MR) is 44.2 cm³/mol. The Bertz CT molecular complexity index is 103. The molecule has 2 atom stereocenters. The fourth-order valence-electron chi connectivity index (χ4n) is 1.76. The minimum atomic E-state index is 0.646. The Morgan fingerprint density at radius 3 is 2.70 bits per heavy atom. The van der Waals surface area contributed by atoms with Gasteiger partial charge in [-0.15, -0.1) is 0 Å². The van der Waals surface area contributed by atoms with Crippen LogP contribution in [0.1, 0.15) is 19.8 Å². The monoisotopic (exact) mass is 142 g/mol. The summed E-state index contributed by atoms with van der Waals surface area (Å²) in [5.41, 5.74) is 0. The lowest BCUT2D eigenvalue weighted by atomic mass is 10.1. The molecule has 0 aromatic carbocycles. The summed E-state index contributed by atoms with van der Waals surface area (Å²) in [7, 11) is 4.25. The molecule has 2 nitrogen and oxygen atoms in total. The first-order valence-electron chi connectivity index (χ1n) is 4.13. The van der Waals surface area contributed by atoms with Crippen molar-refractivity contribution < 1.29 is 0 Å². The molecule has 1 fully saturated rings. The molecule has 0 bridgehead atoms. The molecule has 1 saturated heterocycles. The van der Waals surface area contributed by atoms with E-state index in [0.717, 1.165) is 6.04 Å². The van der Waals surface area contributed by atoms with Gasteiger partial charge in [-0.3, -0.25) is 0 Å². The van der Waals surface area contributed by atoms with Crippen molar-refractivity contribution in [2.75, 3.05) is 20.6 Å². The Morgan fingerprint density at radius 2 is 2.30 bits per heavy atom. The maximum absolute atomic E-state index is 3.30. The van der Waals surface area contributed by atoms with Crippen molar-refractivity contribution in [2.24, 2.45) is 0 Å². The first kappa shape index (κ1) is 8.02. The quantitative estimate of drug-likeness (QED) is 0.610. The van der Waals surface area contributed by atoms with Crippen LogP contribution in [-0.2, 0) is 0 Å². The van der Waals surface area contributed by atoms with E-state index in [0.29, 0.717) is 6.04 Å². The van der Waals surface area contributed by atoms with Gasteiger partial charge in [0.25, 0.3) is 0 Å². The van der Waals surface area contributed by atoms with Crippen molar-refractivity contribution in [1.29, 1.82) is 0 Å². The molecule has 1 N–H and O–H groups in total. The fraction of sp³-hybridized carbons (Fsp3) is 1.00. The molecule has 0 aromatic rings. The van der Waals surface area contributed by atoms with Gasteiger partial charge in [-0.2, -0.15) is 0 Å². The standard InChI is InChI=1S/C8H18N2/c1-7(9-2)8-5-4-6-10(8)3/h7-9H,4-6H2,1-3H3. The van der Waals surface area contributed by atoms with E-state index < -0.39 is 0 Å². The number of likely N-dealkylation sites (N-methyl/N-ethyl adjacent to an activating group) is 2. The molecule has 1 aliphatic rings. The Kier molecular flexibility index (Phi) is 2.69. The Balaban J connectivity index is 2.38. The van der Waals surface area contributed by atoms with Crippen molar-refractivity contribution in [3.05, 3.63) is 0 Å². The van der Waals surface area contributed by atoms with Gasteiger partial charge in [-0.1, -0.05) is 0 Å². The Labute approximate surface area is 63.6 Å². The molecule has 0 spiro atoms. The van der Waals surface area contributed by atoms with Crippen LogP contribution in [-0.4, -0.2) is 37.6 Å². The van der Waals surface area contributed by atoms with Crippen LogP contribution in [0.5, 0.6) is 0 Å². The highest BCUT2D eigenvalue weighted by Crippen LogP contribution is 2.17. The third kappa shape index (κ3) is 1.50. The molecule has 10 heavy (non-hydrogen) atoms. The third-order valence-corrected chi connectivity index (χ3v) is 2.61. The lowest BCUT2D eigenvalue weighted by Crippen LogP contribution is -2.41. The van der Waals surface area contributed by atoms with E-state index in [9.17, 15) is 0 Å². The van der Waals surface area contributed by atoms with E-state index in [1.165, 1.54) is 19.4 Å². The summed E-state index contributed by atoms with van der Waals surface area (Å²) in [5, 5.41) is 3.30. The first-order chi connectivity index (χ1) is 4.75. The minimum absolute atomic E-state index is 0.646. The average molecular weight is 142 g/mol. The minimum Gasteiger partial charge on any atom is -0.316 e. The van der Waals surface area contributed by atoms with Gasteiger partial charge in [0.05, 0.1) is 0 Å². The number of rotatable bonds is 2. The lowest BCUT2D eigenvalue weighted by Gasteiger charge is -2.25. The normalized spacial score (nSPS) is 30.9. The Hall–Kier alpha value is -0.0800. The molecule has 0 saturated carbocycles. The van der Waals surface area contributed by atoms with Crippen LogP contribution in [0.15, 0.2) is 0 Å². The molecule has 1 heterocycles. The second kappa shape index (κ2) is 3.35. The third-order valence-electron chi connectivity index (χ3n) is 2.61. The van der Waals surface area contributed by atoms with Crippen molar-refractivity contribution in [2.45, 2.75) is 31.8 Å². The van der Waals surface area contributed by atoms with Crippen LogP contribution in [0.3, 0.4) is 0 Å². The van der Waals surface area contributed by atoms with E-state index in [1.54, 1.807) is 0 Å². The smallest absolute Gasteiger partial charge is 0.0243 e. The molecular weight excluding hydrogens is 124 g/mol. The number of nitrogens with one attached hydrogen (secondary N) is 1. The van der Waals surface area contributed by atoms with E-state index in [-0.39, 0.29) is 0 Å². The van der Waals surface area contributed by atoms with Gasteiger partial charge >= 0.3 is 0 Å². The fourth-order valence-corrected chi connectivity index (χ4v) is 1.76. The average Bonchev–Trinajstić information content (AvgIpc) is 2.34. The SMILES string of the molecule is CNC(C)C1CCCN1C. The zero-order chi connectivity index (χ0) is 7.56. The maximum atomic E-state index is 3.30. The predicted octanol–water partition coefficient (Wildman–Crippen LogP) is 0.689. The van der Waals surface area contributed by atoms with Crippen LogP contribution in [0.25, 0.3) is 0 Å². The molecule has 0 aromatic heterocycles. The van der Waals surface area contributed by atoms with Gasteiger partial charge < -0.3 is 10.2 Å². The van der Waals surface area contributed by atoms with Crippen LogP contribution in [0, 0.1) is 0 Å². The van der Waals surface area contributed by atoms with Crippen molar-refractivity contribution in [1.82, 2.24) is 10.2 Å². The highest BCUT2D eigenvalue weighted by Gasteiger charge is 2.24.